The van der Waals surface area contributed by atoms with Crippen LogP contribution >= 0.6 is 34.9 Å². The fourth-order valence-electron chi connectivity index (χ4n) is 2.28. The maximum Gasteiger partial charge on any atom is 0.107 e. The third kappa shape index (κ3) is 4.13. The minimum atomic E-state index is 0.565. The first kappa shape index (κ1) is 16.6. The summed E-state index contributed by atoms with van der Waals surface area (Å²) in [5, 5.41) is 5.98. The highest BCUT2D eigenvalue weighted by molar-refractivity contribution is 8.06. The Hall–Kier alpha value is 0.250. The molecule has 6 heteroatoms. The molecular weight excluding hydrogens is 308 g/mol. The molecule has 3 nitrogen and oxygen atoms in total. The van der Waals surface area contributed by atoms with Crippen molar-refractivity contribution in [1.82, 2.24) is 10.3 Å². The number of hydrogen-bond donors (Lipinski definition) is 1. The summed E-state index contributed by atoms with van der Waals surface area (Å²) in [5.41, 5.74) is 1.12. The number of hydrogen-bond acceptors (Lipinski definition) is 6. The summed E-state index contributed by atoms with van der Waals surface area (Å²) in [5.74, 6) is 2.52. The second-order valence-corrected chi connectivity index (χ2v) is 8.46. The van der Waals surface area contributed by atoms with Gasteiger partial charge in [-0.2, -0.15) is 11.8 Å². The Balaban J connectivity index is 2.17. The summed E-state index contributed by atoms with van der Waals surface area (Å²) in [6.07, 6.45) is 1.23. The lowest BCUT2D eigenvalue weighted by Crippen LogP contribution is -2.18. The van der Waals surface area contributed by atoms with Gasteiger partial charge in [0.05, 0.1) is 17.6 Å². The smallest absolute Gasteiger partial charge is 0.107 e. The van der Waals surface area contributed by atoms with Crippen LogP contribution in [0, 0.1) is 0 Å². The van der Waals surface area contributed by atoms with Gasteiger partial charge >= 0.3 is 0 Å². The zero-order valence-corrected chi connectivity index (χ0v) is 14.9. The summed E-state index contributed by atoms with van der Waals surface area (Å²) in [6.45, 7) is 6.95. The molecule has 1 aliphatic rings. The van der Waals surface area contributed by atoms with E-state index in [1.165, 1.54) is 27.8 Å². The Bertz CT molecular complexity index is 411. The van der Waals surface area contributed by atoms with Gasteiger partial charge in [-0.05, 0) is 13.0 Å². The van der Waals surface area contributed by atoms with Crippen molar-refractivity contribution in [3.63, 3.8) is 0 Å². The lowest BCUT2D eigenvalue weighted by molar-refractivity contribution is 0.181. The molecule has 1 N–H and O–H groups in total. The number of nitrogens with one attached hydrogen (secondary N) is 1. The number of aromatic nitrogens is 1. The summed E-state index contributed by atoms with van der Waals surface area (Å²) < 4.78 is 5.31. The molecule has 1 fully saturated rings. The fraction of sp³-hybridized carbons (Fsp3) is 0.786. The number of ether oxygens (including phenoxy) is 1. The molecule has 2 heterocycles. The maximum absolute atomic E-state index is 5.31. The van der Waals surface area contributed by atoms with Crippen molar-refractivity contribution in [3.8, 4) is 0 Å². The van der Waals surface area contributed by atoms with E-state index in [1.54, 1.807) is 7.11 Å². The van der Waals surface area contributed by atoms with Gasteiger partial charge in [-0.25, -0.2) is 4.98 Å². The lowest BCUT2D eigenvalue weighted by atomic mass is 10.2. The number of thiazole rings is 1. The molecule has 0 amide bonds. The summed E-state index contributed by atoms with van der Waals surface area (Å²) >= 11 is 6.07. The van der Waals surface area contributed by atoms with Crippen LogP contribution in [0.25, 0.3) is 0 Å². The summed E-state index contributed by atoms with van der Waals surface area (Å²) in [6, 6.07) is 0. The van der Waals surface area contributed by atoms with Crippen molar-refractivity contribution in [1.29, 1.82) is 0 Å². The molecule has 1 aromatic heterocycles. The van der Waals surface area contributed by atoms with E-state index in [-0.39, 0.29) is 0 Å². The van der Waals surface area contributed by atoms with Crippen molar-refractivity contribution < 1.29 is 4.74 Å². The first-order chi connectivity index (χ1) is 9.80. The molecule has 0 aliphatic carbocycles. The van der Waals surface area contributed by atoms with Crippen LogP contribution in [-0.2, 0) is 17.9 Å². The Labute approximate surface area is 134 Å². The van der Waals surface area contributed by atoms with E-state index in [0.29, 0.717) is 17.1 Å². The lowest BCUT2D eigenvalue weighted by Gasteiger charge is -2.28. The second kappa shape index (κ2) is 8.63. The Kier molecular flexibility index (Phi) is 7.17. The Morgan fingerprint density at radius 3 is 2.80 bits per heavy atom. The van der Waals surface area contributed by atoms with E-state index in [9.17, 15) is 0 Å². The Morgan fingerprint density at radius 2 is 2.10 bits per heavy atom. The normalized spacial score (nSPS) is 23.1. The van der Waals surface area contributed by atoms with E-state index < -0.39 is 0 Å². The van der Waals surface area contributed by atoms with Gasteiger partial charge in [0.1, 0.15) is 5.01 Å². The van der Waals surface area contributed by atoms with Crippen molar-refractivity contribution in [2.24, 2.45) is 0 Å². The van der Waals surface area contributed by atoms with E-state index in [4.69, 9.17) is 9.72 Å². The monoisotopic (exact) mass is 332 g/mol. The van der Waals surface area contributed by atoms with E-state index >= 15 is 0 Å². The highest BCUT2D eigenvalue weighted by Crippen LogP contribution is 2.45. The quantitative estimate of drug-likeness (QED) is 0.823. The van der Waals surface area contributed by atoms with Crippen molar-refractivity contribution in [2.75, 3.05) is 25.2 Å². The molecule has 0 aromatic carbocycles. The van der Waals surface area contributed by atoms with Gasteiger partial charge in [0.25, 0.3) is 0 Å². The number of rotatable bonds is 7. The predicted octanol–water partition coefficient (Wildman–Crippen LogP) is 3.70. The second-order valence-electron chi connectivity index (χ2n) is 4.74. The minimum absolute atomic E-state index is 0.565. The fourth-order valence-corrected chi connectivity index (χ4v) is 6.74. The van der Waals surface area contributed by atoms with Crippen LogP contribution in [-0.4, -0.2) is 35.4 Å². The number of nitrogens with zero attached hydrogens (tertiary/aromatic N) is 1. The van der Waals surface area contributed by atoms with Crippen molar-refractivity contribution >= 4 is 34.9 Å². The standard InChI is InChI=1S/C14H24N2OS3/c1-4-11-13(19-7-6-18-11)14-16-10(9-17-3)12(20-14)8-15-5-2/h11,13,15H,4-9H2,1-3H3. The number of thioether (sulfide) groups is 2. The Morgan fingerprint density at radius 1 is 1.30 bits per heavy atom. The van der Waals surface area contributed by atoms with Crippen LogP contribution in [0.4, 0.5) is 0 Å². The molecule has 1 aromatic rings. The number of methoxy groups -OCH3 is 1. The third-order valence-corrected chi connectivity index (χ3v) is 7.89. The van der Waals surface area contributed by atoms with Gasteiger partial charge in [0.2, 0.25) is 0 Å². The van der Waals surface area contributed by atoms with E-state index in [1.807, 2.05) is 11.3 Å². The molecule has 1 saturated heterocycles. The molecule has 20 heavy (non-hydrogen) atoms. The molecule has 114 valence electrons. The third-order valence-electron chi connectivity index (χ3n) is 3.31. The molecule has 2 rings (SSSR count). The first-order valence-electron chi connectivity index (χ1n) is 7.21. The molecular formula is C14H24N2OS3. The summed E-state index contributed by atoms with van der Waals surface area (Å²) in [4.78, 5) is 6.24. The molecule has 2 unspecified atom stereocenters. The van der Waals surface area contributed by atoms with Gasteiger partial charge in [0, 0.05) is 35.3 Å². The largest absolute Gasteiger partial charge is 0.378 e. The SMILES string of the molecule is CCNCc1sc(C2SCCSC2CC)nc1COC. The zero-order valence-electron chi connectivity index (χ0n) is 12.5. The molecule has 0 bridgehead atoms. The first-order valence-corrected chi connectivity index (χ1v) is 10.1. The molecule has 1 aliphatic heterocycles. The highest BCUT2D eigenvalue weighted by atomic mass is 32.2. The van der Waals surface area contributed by atoms with Crippen LogP contribution < -0.4 is 5.32 Å². The zero-order chi connectivity index (χ0) is 14.4. The summed E-state index contributed by atoms with van der Waals surface area (Å²) in [7, 11) is 1.75. The topological polar surface area (TPSA) is 34.2 Å². The maximum atomic E-state index is 5.31. The van der Waals surface area contributed by atoms with Gasteiger partial charge in [-0.1, -0.05) is 13.8 Å². The van der Waals surface area contributed by atoms with Gasteiger partial charge < -0.3 is 10.1 Å². The molecule has 0 saturated carbocycles. The predicted molar refractivity (Wildman–Crippen MR) is 91.9 cm³/mol. The van der Waals surface area contributed by atoms with Crippen LogP contribution in [0.5, 0.6) is 0 Å². The van der Waals surface area contributed by atoms with Gasteiger partial charge in [-0.15, -0.1) is 23.1 Å². The van der Waals surface area contributed by atoms with Gasteiger partial charge in [-0.3, -0.25) is 0 Å². The average molecular weight is 333 g/mol. The van der Waals surface area contributed by atoms with Crippen molar-refractivity contribution in [3.05, 3.63) is 15.6 Å². The van der Waals surface area contributed by atoms with Crippen molar-refractivity contribution in [2.45, 2.75) is 43.9 Å². The minimum Gasteiger partial charge on any atom is -0.378 e. The molecule has 0 spiro atoms. The van der Waals surface area contributed by atoms with Crippen LogP contribution in [0.2, 0.25) is 0 Å². The van der Waals surface area contributed by atoms with Crippen LogP contribution in [0.3, 0.4) is 0 Å². The molecule has 2 atom stereocenters. The van der Waals surface area contributed by atoms with Crippen LogP contribution in [0.15, 0.2) is 0 Å². The average Bonchev–Trinajstić information content (AvgIpc) is 2.88. The highest BCUT2D eigenvalue weighted by Gasteiger charge is 2.29. The molecule has 0 radical (unpaired) electrons. The van der Waals surface area contributed by atoms with Crippen LogP contribution in [0.1, 0.15) is 41.1 Å². The van der Waals surface area contributed by atoms with Gasteiger partial charge in [0.15, 0.2) is 0 Å². The van der Waals surface area contributed by atoms with E-state index in [0.717, 1.165) is 18.8 Å². The van der Waals surface area contributed by atoms with E-state index in [2.05, 4.69) is 42.7 Å².